The molecule has 2 aliphatic rings. The standard InChI is InChI=1S/C23H31N5O5S/c1-33-18-5-7-19(8-6-18)34(31,32)28-15-13-26(14-16-28)12-9-21-24-17-20(23(29)30)22(25-21)27-10-3-2-4-11-27/h5-8,17H,2-4,9-16H2,1H3,(H,29,30). The highest BCUT2D eigenvalue weighted by Crippen LogP contribution is 2.23. The zero-order valence-electron chi connectivity index (χ0n) is 19.4. The third kappa shape index (κ3) is 5.48. The van der Waals surface area contributed by atoms with Crippen molar-refractivity contribution in [2.45, 2.75) is 30.6 Å². The van der Waals surface area contributed by atoms with E-state index in [1.807, 2.05) is 4.90 Å². The van der Waals surface area contributed by atoms with Crippen molar-refractivity contribution in [2.24, 2.45) is 0 Å². The Kier molecular flexibility index (Phi) is 7.64. The van der Waals surface area contributed by atoms with Gasteiger partial charge in [0, 0.05) is 58.4 Å². The van der Waals surface area contributed by atoms with E-state index in [0.717, 1.165) is 32.4 Å². The highest BCUT2D eigenvalue weighted by Gasteiger charge is 2.28. The number of carbonyl (C=O) groups is 1. The SMILES string of the molecule is COc1ccc(S(=O)(=O)N2CCN(CCc3ncc(C(=O)O)c(N4CCCCC4)n3)CC2)cc1. The largest absolute Gasteiger partial charge is 0.497 e. The molecule has 4 rings (SSSR count). The third-order valence-corrected chi connectivity index (χ3v) is 8.30. The van der Waals surface area contributed by atoms with E-state index in [2.05, 4.69) is 14.9 Å². The zero-order chi connectivity index (χ0) is 24.1. The molecule has 0 spiro atoms. The fourth-order valence-corrected chi connectivity index (χ4v) is 5.80. The molecule has 0 radical (unpaired) electrons. The van der Waals surface area contributed by atoms with E-state index in [1.54, 1.807) is 31.4 Å². The van der Waals surface area contributed by atoms with Gasteiger partial charge in [0.15, 0.2) is 0 Å². The lowest BCUT2D eigenvalue weighted by Crippen LogP contribution is -2.49. The molecule has 1 aromatic heterocycles. The minimum atomic E-state index is -3.54. The maximum Gasteiger partial charge on any atom is 0.341 e. The number of hydrogen-bond acceptors (Lipinski definition) is 8. The average Bonchev–Trinajstić information content (AvgIpc) is 2.88. The highest BCUT2D eigenvalue weighted by molar-refractivity contribution is 7.89. The van der Waals surface area contributed by atoms with Gasteiger partial charge in [-0.25, -0.2) is 23.2 Å². The Morgan fingerprint density at radius 1 is 1.03 bits per heavy atom. The lowest BCUT2D eigenvalue weighted by atomic mass is 10.1. The van der Waals surface area contributed by atoms with Gasteiger partial charge >= 0.3 is 5.97 Å². The van der Waals surface area contributed by atoms with Crippen molar-refractivity contribution in [1.82, 2.24) is 19.2 Å². The Balaban J connectivity index is 1.35. The van der Waals surface area contributed by atoms with Gasteiger partial charge in [-0.15, -0.1) is 0 Å². The normalized spacial score (nSPS) is 18.1. The number of benzene rings is 1. The van der Waals surface area contributed by atoms with Gasteiger partial charge < -0.3 is 19.6 Å². The summed E-state index contributed by atoms with van der Waals surface area (Å²) in [5.74, 6) is 0.721. The maximum atomic E-state index is 12.9. The van der Waals surface area contributed by atoms with Crippen molar-refractivity contribution < 1.29 is 23.1 Å². The number of aromatic nitrogens is 2. The van der Waals surface area contributed by atoms with Gasteiger partial charge in [-0.1, -0.05) is 0 Å². The summed E-state index contributed by atoms with van der Waals surface area (Å²) in [5.41, 5.74) is 0.142. The fourth-order valence-electron chi connectivity index (χ4n) is 4.37. The average molecular weight is 490 g/mol. The first-order chi connectivity index (χ1) is 16.4. The van der Waals surface area contributed by atoms with Crippen molar-refractivity contribution in [3.05, 3.63) is 41.9 Å². The quantitative estimate of drug-likeness (QED) is 0.592. The molecule has 1 aromatic carbocycles. The van der Waals surface area contributed by atoms with Crippen LogP contribution in [0.5, 0.6) is 5.75 Å². The van der Waals surface area contributed by atoms with E-state index in [9.17, 15) is 18.3 Å². The summed E-state index contributed by atoms with van der Waals surface area (Å²) < 4.78 is 32.5. The van der Waals surface area contributed by atoms with Crippen LogP contribution in [0.4, 0.5) is 5.82 Å². The summed E-state index contributed by atoms with van der Waals surface area (Å²) in [6, 6.07) is 6.44. The number of piperazine rings is 1. The van der Waals surface area contributed by atoms with E-state index >= 15 is 0 Å². The smallest absolute Gasteiger partial charge is 0.341 e. The number of rotatable bonds is 8. The lowest BCUT2D eigenvalue weighted by Gasteiger charge is -2.34. The number of carboxylic acids is 1. The van der Waals surface area contributed by atoms with Gasteiger partial charge in [0.25, 0.3) is 0 Å². The van der Waals surface area contributed by atoms with Gasteiger partial charge in [-0.2, -0.15) is 4.31 Å². The van der Waals surface area contributed by atoms with Crippen LogP contribution < -0.4 is 9.64 Å². The van der Waals surface area contributed by atoms with E-state index in [-0.39, 0.29) is 10.5 Å². The molecule has 2 saturated heterocycles. The van der Waals surface area contributed by atoms with Crippen LogP contribution in [0.1, 0.15) is 35.4 Å². The Labute approximate surface area is 200 Å². The zero-order valence-corrected chi connectivity index (χ0v) is 20.2. The predicted octanol–water partition coefficient (Wildman–Crippen LogP) is 1.72. The molecule has 0 unspecified atom stereocenters. The van der Waals surface area contributed by atoms with Crippen LogP contribution in [-0.4, -0.2) is 91.6 Å². The Morgan fingerprint density at radius 3 is 2.32 bits per heavy atom. The molecule has 184 valence electrons. The Hall–Kier alpha value is -2.76. The minimum absolute atomic E-state index is 0.142. The lowest BCUT2D eigenvalue weighted by molar-refractivity contribution is 0.0696. The van der Waals surface area contributed by atoms with E-state index < -0.39 is 16.0 Å². The predicted molar refractivity (Wildman–Crippen MR) is 127 cm³/mol. The van der Waals surface area contributed by atoms with Crippen LogP contribution in [0.3, 0.4) is 0 Å². The number of aromatic carboxylic acids is 1. The monoisotopic (exact) mass is 489 g/mol. The number of nitrogens with zero attached hydrogens (tertiary/aromatic N) is 5. The van der Waals surface area contributed by atoms with Gasteiger partial charge in [-0.05, 0) is 43.5 Å². The highest BCUT2D eigenvalue weighted by atomic mass is 32.2. The number of piperidine rings is 1. The molecule has 0 bridgehead atoms. The number of hydrogen-bond donors (Lipinski definition) is 1. The molecule has 2 aromatic rings. The molecule has 0 atom stereocenters. The summed E-state index contributed by atoms with van der Waals surface area (Å²) in [5, 5.41) is 9.55. The summed E-state index contributed by atoms with van der Waals surface area (Å²) >= 11 is 0. The second-order valence-corrected chi connectivity index (χ2v) is 10.5. The molecular formula is C23H31N5O5S. The number of ether oxygens (including phenoxy) is 1. The first kappa shape index (κ1) is 24.4. The van der Waals surface area contributed by atoms with Crippen molar-refractivity contribution in [2.75, 3.05) is 57.8 Å². The number of anilines is 1. The van der Waals surface area contributed by atoms with E-state index in [4.69, 9.17) is 4.74 Å². The summed E-state index contributed by atoms with van der Waals surface area (Å²) in [7, 11) is -2.00. The van der Waals surface area contributed by atoms with Crippen molar-refractivity contribution in [3.63, 3.8) is 0 Å². The Bertz CT molecular complexity index is 1100. The van der Waals surface area contributed by atoms with Crippen LogP contribution in [0.15, 0.2) is 35.4 Å². The second-order valence-electron chi connectivity index (χ2n) is 8.55. The number of methoxy groups -OCH3 is 1. The van der Waals surface area contributed by atoms with Crippen molar-refractivity contribution in [3.8, 4) is 5.75 Å². The van der Waals surface area contributed by atoms with Crippen molar-refractivity contribution in [1.29, 1.82) is 0 Å². The van der Waals surface area contributed by atoms with Crippen LogP contribution in [-0.2, 0) is 16.4 Å². The van der Waals surface area contributed by atoms with Crippen LogP contribution in [0.25, 0.3) is 0 Å². The van der Waals surface area contributed by atoms with Crippen LogP contribution in [0.2, 0.25) is 0 Å². The molecule has 0 saturated carbocycles. The van der Waals surface area contributed by atoms with E-state index in [0.29, 0.717) is 56.5 Å². The third-order valence-electron chi connectivity index (χ3n) is 6.38. The van der Waals surface area contributed by atoms with Crippen LogP contribution >= 0.6 is 0 Å². The molecule has 3 heterocycles. The molecule has 11 heteroatoms. The topological polar surface area (TPSA) is 116 Å². The van der Waals surface area contributed by atoms with E-state index in [1.165, 1.54) is 10.5 Å². The molecule has 2 fully saturated rings. The minimum Gasteiger partial charge on any atom is -0.497 e. The molecular weight excluding hydrogens is 458 g/mol. The summed E-state index contributed by atoms with van der Waals surface area (Å²) in [4.78, 5) is 25.0. The summed E-state index contributed by atoms with van der Waals surface area (Å²) in [6.45, 7) is 4.34. The Morgan fingerprint density at radius 2 is 1.71 bits per heavy atom. The number of carboxylic acid groups (broad SMARTS) is 1. The van der Waals surface area contributed by atoms with Gasteiger partial charge in [0.05, 0.1) is 12.0 Å². The molecule has 10 nitrogen and oxygen atoms in total. The fraction of sp³-hybridized carbons (Fsp3) is 0.522. The van der Waals surface area contributed by atoms with Crippen molar-refractivity contribution >= 4 is 21.8 Å². The number of sulfonamides is 1. The summed E-state index contributed by atoms with van der Waals surface area (Å²) in [6.07, 6.45) is 5.20. The molecule has 0 amide bonds. The first-order valence-electron chi connectivity index (χ1n) is 11.6. The molecule has 0 aliphatic carbocycles. The first-order valence-corrected chi connectivity index (χ1v) is 13.0. The molecule has 2 aliphatic heterocycles. The maximum absolute atomic E-state index is 12.9. The molecule has 34 heavy (non-hydrogen) atoms. The van der Waals surface area contributed by atoms with Crippen LogP contribution in [0, 0.1) is 0 Å². The van der Waals surface area contributed by atoms with Gasteiger partial charge in [0.1, 0.15) is 23.0 Å². The molecule has 1 N–H and O–H groups in total. The second kappa shape index (κ2) is 10.7. The van der Waals surface area contributed by atoms with Gasteiger partial charge in [-0.3, -0.25) is 0 Å². The van der Waals surface area contributed by atoms with Gasteiger partial charge in [0.2, 0.25) is 10.0 Å².